The first-order valence-electron chi connectivity index (χ1n) is 2.61. The van der Waals surface area contributed by atoms with Gasteiger partial charge in [0.25, 0.3) is 0 Å². The fraction of sp³-hybridized carbons (Fsp3) is 0.400. The molecule has 0 fully saturated rings. The zero-order valence-corrected chi connectivity index (χ0v) is 6.58. The first kappa shape index (κ1) is 10.3. The number of aliphatic hydroxyl groups is 1. The molecular weight excluding hydrogens is 172 g/mol. The van der Waals surface area contributed by atoms with Gasteiger partial charge in [-0.15, -0.1) is 0 Å². The molecule has 2 N–H and O–H groups in total. The summed E-state index contributed by atoms with van der Waals surface area (Å²) < 4.78 is 22.4. The number of aliphatic hydroxyl groups excluding tert-OH is 1. The van der Waals surface area contributed by atoms with Gasteiger partial charge in [-0.05, 0) is 6.08 Å². The van der Waals surface area contributed by atoms with E-state index >= 15 is 0 Å². The Labute approximate surface area is 66.0 Å². The highest BCUT2D eigenvalue weighted by Crippen LogP contribution is 1.90. The molecule has 0 radical (unpaired) electrons. The number of ether oxygens (including phenoxy) is 1. The summed E-state index contributed by atoms with van der Waals surface area (Å²) >= 11 is -2.37. The highest BCUT2D eigenvalue weighted by molar-refractivity contribution is 7.79. The van der Waals surface area contributed by atoms with Gasteiger partial charge in [0.05, 0.1) is 7.11 Å². The molecule has 2 unspecified atom stereocenters. The molecule has 0 aliphatic rings. The van der Waals surface area contributed by atoms with Gasteiger partial charge in [-0.25, -0.2) is 9.00 Å². The Bertz CT molecular complexity index is 187. The van der Waals surface area contributed by atoms with Gasteiger partial charge < -0.3 is 14.4 Å². The smallest absolute Gasteiger partial charge is 0.330 e. The van der Waals surface area contributed by atoms with E-state index in [0.29, 0.717) is 0 Å². The van der Waals surface area contributed by atoms with E-state index in [1.165, 1.54) is 0 Å². The van der Waals surface area contributed by atoms with E-state index in [-0.39, 0.29) is 0 Å². The third-order valence-electron chi connectivity index (χ3n) is 0.805. The van der Waals surface area contributed by atoms with Crippen molar-refractivity contribution in [2.75, 3.05) is 7.11 Å². The number of hydrogen-bond acceptors (Lipinski definition) is 4. The maximum atomic E-state index is 10.3. The van der Waals surface area contributed by atoms with Gasteiger partial charge in [-0.1, -0.05) is 0 Å². The highest BCUT2D eigenvalue weighted by atomic mass is 32.2. The second-order valence-corrected chi connectivity index (χ2v) is 2.58. The monoisotopic (exact) mass is 180 g/mol. The standard InChI is InChI=1S/C5H8O5S/c1-10-4(6)2-3-5(7)11(8)9/h2-3,5,7H,1H3,(H,8,9). The molecule has 0 heterocycles. The molecule has 0 spiro atoms. The van der Waals surface area contributed by atoms with Crippen molar-refractivity contribution < 1.29 is 23.4 Å². The lowest BCUT2D eigenvalue weighted by atomic mass is 10.5. The van der Waals surface area contributed by atoms with Crippen LogP contribution in [0.25, 0.3) is 0 Å². The van der Waals surface area contributed by atoms with Gasteiger partial charge in [0.1, 0.15) is 0 Å². The maximum Gasteiger partial charge on any atom is 0.330 e. The van der Waals surface area contributed by atoms with Gasteiger partial charge in [0.15, 0.2) is 16.5 Å². The van der Waals surface area contributed by atoms with Crippen LogP contribution in [-0.2, 0) is 20.6 Å². The molecule has 11 heavy (non-hydrogen) atoms. The number of rotatable bonds is 3. The minimum Gasteiger partial charge on any atom is -0.466 e. The van der Waals surface area contributed by atoms with Gasteiger partial charge in [0, 0.05) is 6.08 Å². The molecule has 0 aromatic rings. The van der Waals surface area contributed by atoms with Crippen molar-refractivity contribution in [2.24, 2.45) is 0 Å². The van der Waals surface area contributed by atoms with Crippen LogP contribution in [-0.4, -0.2) is 32.4 Å². The van der Waals surface area contributed by atoms with E-state index in [1.807, 2.05) is 0 Å². The zero-order valence-electron chi connectivity index (χ0n) is 5.76. The van der Waals surface area contributed by atoms with Gasteiger partial charge in [-0.3, -0.25) is 0 Å². The lowest BCUT2D eigenvalue weighted by Crippen LogP contribution is -2.10. The normalized spacial score (nSPS) is 16.3. The molecule has 0 bridgehead atoms. The van der Waals surface area contributed by atoms with Crippen molar-refractivity contribution in [1.29, 1.82) is 0 Å². The summed E-state index contributed by atoms with van der Waals surface area (Å²) in [5.74, 6) is -0.686. The van der Waals surface area contributed by atoms with Crippen molar-refractivity contribution in [3.63, 3.8) is 0 Å². The topological polar surface area (TPSA) is 83.8 Å². The Balaban J connectivity index is 3.92. The van der Waals surface area contributed by atoms with Crippen molar-refractivity contribution in [1.82, 2.24) is 0 Å². The number of methoxy groups -OCH3 is 1. The zero-order chi connectivity index (χ0) is 8.85. The van der Waals surface area contributed by atoms with Crippen molar-refractivity contribution in [3.8, 4) is 0 Å². The van der Waals surface area contributed by atoms with Crippen LogP contribution in [0.2, 0.25) is 0 Å². The Kier molecular flexibility index (Phi) is 4.67. The first-order chi connectivity index (χ1) is 5.07. The van der Waals surface area contributed by atoms with E-state index < -0.39 is 22.5 Å². The minimum atomic E-state index is -2.37. The van der Waals surface area contributed by atoms with Gasteiger partial charge >= 0.3 is 5.97 Å². The second kappa shape index (κ2) is 5.00. The Morgan fingerprint density at radius 2 is 2.27 bits per heavy atom. The molecule has 0 aromatic carbocycles. The summed E-state index contributed by atoms with van der Waals surface area (Å²) in [7, 11) is 1.16. The number of carbonyl (C=O) groups excluding carboxylic acids is 1. The molecule has 0 saturated carbocycles. The summed E-state index contributed by atoms with van der Waals surface area (Å²) in [6, 6.07) is 0. The van der Waals surface area contributed by atoms with E-state index in [0.717, 1.165) is 19.3 Å². The van der Waals surface area contributed by atoms with Crippen LogP contribution >= 0.6 is 0 Å². The predicted octanol–water partition coefficient (Wildman–Crippen LogP) is -0.744. The predicted molar refractivity (Wildman–Crippen MR) is 37.9 cm³/mol. The quantitative estimate of drug-likeness (QED) is 0.339. The lowest BCUT2D eigenvalue weighted by molar-refractivity contribution is -0.134. The number of hydrogen-bond donors (Lipinski definition) is 2. The molecule has 0 aromatic heterocycles. The highest BCUT2D eigenvalue weighted by Gasteiger charge is 2.05. The van der Waals surface area contributed by atoms with Crippen LogP contribution < -0.4 is 0 Å². The van der Waals surface area contributed by atoms with Crippen LogP contribution in [0.1, 0.15) is 0 Å². The largest absolute Gasteiger partial charge is 0.466 e. The molecule has 0 saturated heterocycles. The average molecular weight is 180 g/mol. The molecule has 0 amide bonds. The summed E-state index contributed by atoms with van der Waals surface area (Å²) in [5.41, 5.74) is -1.55. The van der Waals surface area contributed by atoms with Crippen molar-refractivity contribution in [2.45, 2.75) is 5.44 Å². The van der Waals surface area contributed by atoms with Crippen LogP contribution in [0.5, 0.6) is 0 Å². The summed E-state index contributed by atoms with van der Waals surface area (Å²) in [6.07, 6.45) is 1.75. The molecule has 64 valence electrons. The van der Waals surface area contributed by atoms with Crippen LogP contribution in [0.4, 0.5) is 0 Å². The second-order valence-electron chi connectivity index (χ2n) is 1.55. The van der Waals surface area contributed by atoms with Crippen molar-refractivity contribution in [3.05, 3.63) is 12.2 Å². The number of carbonyl (C=O) groups is 1. The summed E-state index contributed by atoms with van der Waals surface area (Å²) in [6.45, 7) is 0. The van der Waals surface area contributed by atoms with Crippen molar-refractivity contribution >= 4 is 17.0 Å². The molecule has 0 rings (SSSR count). The maximum absolute atomic E-state index is 10.3. The van der Waals surface area contributed by atoms with Gasteiger partial charge in [-0.2, -0.15) is 0 Å². The van der Waals surface area contributed by atoms with Gasteiger partial charge in [0.2, 0.25) is 0 Å². The minimum absolute atomic E-state index is 0.686. The third kappa shape index (κ3) is 4.65. The van der Waals surface area contributed by atoms with E-state index in [9.17, 15) is 9.00 Å². The molecule has 0 aliphatic carbocycles. The van der Waals surface area contributed by atoms with Crippen LogP contribution in [0.15, 0.2) is 12.2 Å². The SMILES string of the molecule is COC(=O)C=CC(O)S(=O)O. The average Bonchev–Trinajstić information content (AvgIpc) is 1.99. The molecular formula is C5H8O5S. The van der Waals surface area contributed by atoms with E-state index in [2.05, 4.69) is 4.74 Å². The Morgan fingerprint density at radius 3 is 2.64 bits per heavy atom. The summed E-state index contributed by atoms with van der Waals surface area (Å²) in [5, 5.41) is 8.63. The Hall–Kier alpha value is -0.720. The Morgan fingerprint density at radius 1 is 1.73 bits per heavy atom. The molecule has 5 nitrogen and oxygen atoms in total. The molecule has 6 heteroatoms. The van der Waals surface area contributed by atoms with E-state index in [1.54, 1.807) is 0 Å². The first-order valence-corrected chi connectivity index (χ1v) is 3.78. The molecule has 0 aliphatic heterocycles. The fourth-order valence-electron chi connectivity index (χ4n) is 0.296. The van der Waals surface area contributed by atoms with E-state index in [4.69, 9.17) is 9.66 Å². The fourth-order valence-corrected chi connectivity index (χ4v) is 0.509. The summed E-state index contributed by atoms with van der Waals surface area (Å²) in [4.78, 5) is 10.3. The lowest BCUT2D eigenvalue weighted by Gasteiger charge is -1.96. The number of esters is 1. The van der Waals surface area contributed by atoms with Crippen LogP contribution in [0, 0.1) is 0 Å². The van der Waals surface area contributed by atoms with Crippen LogP contribution in [0.3, 0.4) is 0 Å². The third-order valence-corrected chi connectivity index (χ3v) is 1.38. The molecule has 2 atom stereocenters.